The summed E-state index contributed by atoms with van der Waals surface area (Å²) >= 11 is 0. The summed E-state index contributed by atoms with van der Waals surface area (Å²) < 4.78 is 6.57. The molecule has 1 aromatic heterocycles. The number of aromatic nitrogens is 2. The highest BCUT2D eigenvalue weighted by Gasteiger charge is 2.35. The number of rotatable bonds is 5. The van der Waals surface area contributed by atoms with Crippen molar-refractivity contribution in [2.45, 2.75) is 6.42 Å². The van der Waals surface area contributed by atoms with E-state index in [0.29, 0.717) is 41.5 Å². The molecule has 0 fully saturated rings. The van der Waals surface area contributed by atoms with Crippen LogP contribution in [0.3, 0.4) is 0 Å². The minimum absolute atomic E-state index is 0.112. The highest BCUT2D eigenvalue weighted by Crippen LogP contribution is 2.29. The number of ether oxygens (including phenoxy) is 1. The molecule has 0 bridgehead atoms. The molecule has 1 amide bonds. The van der Waals surface area contributed by atoms with Crippen LogP contribution in [0, 0.1) is 5.41 Å². The van der Waals surface area contributed by atoms with E-state index in [2.05, 4.69) is 5.10 Å². The molecule has 164 valence electrons. The summed E-state index contributed by atoms with van der Waals surface area (Å²) in [6, 6.07) is 14.1. The van der Waals surface area contributed by atoms with E-state index in [1.165, 1.54) is 4.68 Å². The summed E-state index contributed by atoms with van der Waals surface area (Å²) in [5, 5.41) is 22.0. The Morgan fingerprint density at radius 1 is 1.09 bits per heavy atom. The number of amidine groups is 1. The minimum Gasteiger partial charge on any atom is -0.497 e. The molecule has 0 spiro atoms. The average molecular weight is 433 g/mol. The topological polar surface area (TPSA) is 112 Å². The summed E-state index contributed by atoms with van der Waals surface area (Å²) in [6.45, 7) is 0.338. The molecule has 0 aliphatic carbocycles. The molecule has 2 aromatic carbocycles. The molecule has 3 aromatic rings. The number of anilines is 1. The second-order valence-corrected chi connectivity index (χ2v) is 7.59. The van der Waals surface area contributed by atoms with Crippen molar-refractivity contribution in [2.75, 3.05) is 32.6 Å². The van der Waals surface area contributed by atoms with E-state index in [1.54, 1.807) is 79.5 Å². The van der Waals surface area contributed by atoms with Crippen LogP contribution in [0.5, 0.6) is 5.75 Å². The number of carboxylic acid groups (broad SMARTS) is 1. The normalized spacial score (nSPS) is 13.0. The van der Waals surface area contributed by atoms with Gasteiger partial charge < -0.3 is 19.6 Å². The third-order valence-electron chi connectivity index (χ3n) is 5.44. The number of amides is 1. The maximum absolute atomic E-state index is 13.5. The van der Waals surface area contributed by atoms with Gasteiger partial charge in [-0.15, -0.1) is 0 Å². The summed E-state index contributed by atoms with van der Waals surface area (Å²) in [6.07, 6.45) is 0.369. The Balaban J connectivity index is 1.74. The van der Waals surface area contributed by atoms with Crippen molar-refractivity contribution < 1.29 is 19.4 Å². The fourth-order valence-corrected chi connectivity index (χ4v) is 3.75. The summed E-state index contributed by atoms with van der Waals surface area (Å²) in [5.74, 6) is -0.476. The van der Waals surface area contributed by atoms with Gasteiger partial charge in [0.25, 0.3) is 5.91 Å². The number of nitrogens with one attached hydrogen (secondary N) is 1. The van der Waals surface area contributed by atoms with Crippen molar-refractivity contribution in [3.05, 3.63) is 71.0 Å². The molecule has 32 heavy (non-hydrogen) atoms. The number of hydrogen-bond donors (Lipinski definition) is 2. The SMILES string of the molecule is COc1ccc(-n2nc(C(=O)O)c3c2C(=O)N(c2ccc(C(=N)N(C)C)cc2)CC3)cc1. The molecule has 1 aliphatic rings. The fraction of sp³-hybridized carbons (Fsp3) is 0.217. The Labute approximate surface area is 185 Å². The second-order valence-electron chi connectivity index (χ2n) is 7.59. The highest BCUT2D eigenvalue weighted by molar-refractivity contribution is 6.09. The third kappa shape index (κ3) is 3.58. The summed E-state index contributed by atoms with van der Waals surface area (Å²) in [5.41, 5.74) is 2.54. The molecule has 2 N–H and O–H groups in total. The van der Waals surface area contributed by atoms with E-state index < -0.39 is 5.97 Å². The molecule has 0 atom stereocenters. The van der Waals surface area contributed by atoms with Crippen LogP contribution in [0.15, 0.2) is 48.5 Å². The van der Waals surface area contributed by atoms with Gasteiger partial charge in [0.05, 0.1) is 12.8 Å². The first-order valence-corrected chi connectivity index (χ1v) is 9.99. The Morgan fingerprint density at radius 2 is 1.72 bits per heavy atom. The number of carbonyl (C=O) groups is 2. The molecule has 0 saturated carbocycles. The summed E-state index contributed by atoms with van der Waals surface area (Å²) in [4.78, 5) is 28.6. The smallest absolute Gasteiger partial charge is 0.356 e. The van der Waals surface area contributed by atoms with Crippen LogP contribution >= 0.6 is 0 Å². The molecule has 2 heterocycles. The van der Waals surface area contributed by atoms with Crippen LogP contribution in [0.1, 0.15) is 32.1 Å². The van der Waals surface area contributed by atoms with Gasteiger partial charge in [0, 0.05) is 37.5 Å². The van der Waals surface area contributed by atoms with Crippen LogP contribution in [-0.2, 0) is 6.42 Å². The Morgan fingerprint density at radius 3 is 2.28 bits per heavy atom. The van der Waals surface area contributed by atoms with Crippen LogP contribution in [0.2, 0.25) is 0 Å². The van der Waals surface area contributed by atoms with Gasteiger partial charge in [0.2, 0.25) is 0 Å². The van der Waals surface area contributed by atoms with Crippen LogP contribution in [-0.4, -0.2) is 65.2 Å². The first kappa shape index (κ1) is 21.1. The number of carbonyl (C=O) groups excluding carboxylic acids is 1. The molecule has 9 heteroatoms. The van der Waals surface area contributed by atoms with Gasteiger partial charge in [-0.05, 0) is 55.0 Å². The van der Waals surface area contributed by atoms with Gasteiger partial charge in [0.15, 0.2) is 5.69 Å². The van der Waals surface area contributed by atoms with Crippen molar-refractivity contribution in [2.24, 2.45) is 0 Å². The zero-order valence-corrected chi connectivity index (χ0v) is 18.0. The molecule has 1 aliphatic heterocycles. The van der Waals surface area contributed by atoms with Gasteiger partial charge in [-0.2, -0.15) is 5.10 Å². The monoisotopic (exact) mass is 433 g/mol. The van der Waals surface area contributed by atoms with E-state index in [0.717, 1.165) is 5.56 Å². The zero-order chi connectivity index (χ0) is 23.0. The number of carboxylic acids is 1. The molecule has 0 radical (unpaired) electrons. The Kier molecular flexibility index (Phi) is 5.40. The van der Waals surface area contributed by atoms with Crippen molar-refractivity contribution in [1.29, 1.82) is 5.41 Å². The maximum atomic E-state index is 13.5. The Hall–Kier alpha value is -4.14. The lowest BCUT2D eigenvalue weighted by molar-refractivity contribution is 0.0688. The number of fused-ring (bicyclic) bond motifs is 1. The van der Waals surface area contributed by atoms with Crippen LogP contribution < -0.4 is 9.64 Å². The van der Waals surface area contributed by atoms with Crippen molar-refractivity contribution in [3.63, 3.8) is 0 Å². The lowest BCUT2D eigenvalue weighted by atomic mass is 10.0. The molecular formula is C23H23N5O4. The number of methoxy groups -OCH3 is 1. The minimum atomic E-state index is -1.17. The summed E-state index contributed by atoms with van der Waals surface area (Å²) in [7, 11) is 5.15. The van der Waals surface area contributed by atoms with Gasteiger partial charge in [-0.25, -0.2) is 9.48 Å². The number of aromatic carboxylic acids is 1. The predicted molar refractivity (Wildman–Crippen MR) is 119 cm³/mol. The Bertz CT molecular complexity index is 1200. The standard InChI is InChI=1S/C23H23N5O4/c1-26(2)21(24)14-4-6-15(7-5-14)27-13-12-18-19(23(30)31)25-28(20(18)22(27)29)16-8-10-17(32-3)11-9-16/h4-11,24H,12-13H2,1-3H3,(H,30,31). The largest absolute Gasteiger partial charge is 0.497 e. The molecular weight excluding hydrogens is 410 g/mol. The highest BCUT2D eigenvalue weighted by atomic mass is 16.5. The van der Waals surface area contributed by atoms with Gasteiger partial charge in [-0.1, -0.05) is 0 Å². The van der Waals surface area contributed by atoms with Gasteiger partial charge in [-0.3, -0.25) is 10.2 Å². The van der Waals surface area contributed by atoms with Crippen molar-refractivity contribution in [3.8, 4) is 11.4 Å². The first-order valence-electron chi connectivity index (χ1n) is 9.99. The van der Waals surface area contributed by atoms with E-state index in [9.17, 15) is 14.7 Å². The zero-order valence-electron chi connectivity index (χ0n) is 18.0. The van der Waals surface area contributed by atoms with E-state index in [4.69, 9.17) is 10.1 Å². The maximum Gasteiger partial charge on any atom is 0.356 e. The fourth-order valence-electron chi connectivity index (χ4n) is 3.75. The molecule has 0 unspecified atom stereocenters. The van der Waals surface area contributed by atoms with Crippen LogP contribution in [0.25, 0.3) is 5.69 Å². The van der Waals surface area contributed by atoms with Crippen molar-refractivity contribution >= 4 is 23.4 Å². The van der Waals surface area contributed by atoms with E-state index in [-0.39, 0.29) is 17.3 Å². The molecule has 9 nitrogen and oxygen atoms in total. The van der Waals surface area contributed by atoms with E-state index in [1.807, 2.05) is 0 Å². The van der Waals surface area contributed by atoms with Gasteiger partial charge in [0.1, 0.15) is 17.3 Å². The van der Waals surface area contributed by atoms with E-state index >= 15 is 0 Å². The second kappa shape index (κ2) is 8.18. The van der Waals surface area contributed by atoms with Crippen LogP contribution in [0.4, 0.5) is 5.69 Å². The lowest BCUT2D eigenvalue weighted by Gasteiger charge is -2.28. The number of hydrogen-bond acceptors (Lipinski definition) is 5. The predicted octanol–water partition coefficient (Wildman–Crippen LogP) is 2.67. The number of nitrogens with zero attached hydrogens (tertiary/aromatic N) is 4. The van der Waals surface area contributed by atoms with Gasteiger partial charge >= 0.3 is 5.97 Å². The third-order valence-corrected chi connectivity index (χ3v) is 5.44. The van der Waals surface area contributed by atoms with Crippen molar-refractivity contribution in [1.82, 2.24) is 14.7 Å². The number of benzene rings is 2. The average Bonchev–Trinajstić information content (AvgIpc) is 3.20. The first-order chi connectivity index (χ1) is 15.3. The molecule has 4 rings (SSSR count). The molecule has 0 saturated heterocycles. The lowest BCUT2D eigenvalue weighted by Crippen LogP contribution is -2.39. The quantitative estimate of drug-likeness (QED) is 0.473.